The van der Waals surface area contributed by atoms with E-state index < -0.39 is 11.5 Å². The Morgan fingerprint density at radius 3 is 2.83 bits per heavy atom. The summed E-state index contributed by atoms with van der Waals surface area (Å²) in [6.07, 6.45) is 0. The lowest BCUT2D eigenvalue weighted by Gasteiger charge is -2.19. The normalized spacial score (nSPS) is 13.3. The summed E-state index contributed by atoms with van der Waals surface area (Å²) in [6, 6.07) is 6.61. The summed E-state index contributed by atoms with van der Waals surface area (Å²) in [5.41, 5.74) is -0.666. The van der Waals surface area contributed by atoms with Gasteiger partial charge >= 0.3 is 0 Å². The zero-order valence-electron chi connectivity index (χ0n) is 10.0. The van der Waals surface area contributed by atoms with E-state index in [1.54, 1.807) is 6.07 Å². The molecule has 0 aliphatic heterocycles. The number of nitrogens with one attached hydrogen (secondary N) is 1. The van der Waals surface area contributed by atoms with Crippen molar-refractivity contribution in [3.05, 3.63) is 23.8 Å². The molecule has 0 fully saturated rings. The summed E-state index contributed by atoms with van der Waals surface area (Å²) in [4.78, 5) is 11.7. The van der Waals surface area contributed by atoms with Crippen LogP contribution >= 0.6 is 15.9 Å². The number of hydrogen-bond acceptors (Lipinski definition) is 4. The van der Waals surface area contributed by atoms with Crippen LogP contribution in [0.4, 0.5) is 5.69 Å². The second-order valence-electron chi connectivity index (χ2n) is 3.89. The Balaban J connectivity index is 2.94. The first-order chi connectivity index (χ1) is 8.44. The van der Waals surface area contributed by atoms with Crippen LogP contribution in [-0.4, -0.2) is 29.1 Å². The lowest BCUT2D eigenvalue weighted by molar-refractivity contribution is -0.130. The maximum atomic E-state index is 11.7. The number of nitriles is 1. The lowest BCUT2D eigenvalue weighted by Crippen LogP contribution is -2.41. The van der Waals surface area contributed by atoms with E-state index in [9.17, 15) is 9.90 Å². The van der Waals surface area contributed by atoms with E-state index in [1.807, 2.05) is 6.07 Å². The van der Waals surface area contributed by atoms with Gasteiger partial charge in [-0.15, -0.1) is 0 Å². The minimum atomic E-state index is -1.50. The Labute approximate surface area is 114 Å². The number of methoxy groups -OCH3 is 1. The van der Waals surface area contributed by atoms with Crippen LogP contribution in [-0.2, 0) is 4.79 Å². The second kappa shape index (κ2) is 5.85. The Morgan fingerprint density at radius 2 is 2.33 bits per heavy atom. The standard InChI is InChI=1S/C12H13BrN2O3/c1-12(17,7-13)11(16)15-9-4-3-8(6-14)10(5-9)18-2/h3-5,17H,7H2,1-2H3,(H,15,16). The van der Waals surface area contributed by atoms with E-state index in [1.165, 1.54) is 26.2 Å². The van der Waals surface area contributed by atoms with Gasteiger partial charge in [-0.1, -0.05) is 15.9 Å². The molecule has 0 aliphatic rings. The third-order valence-corrected chi connectivity index (χ3v) is 3.42. The summed E-state index contributed by atoms with van der Waals surface area (Å²) in [5.74, 6) is -0.167. The van der Waals surface area contributed by atoms with E-state index in [0.717, 1.165) is 0 Å². The molecule has 1 atom stereocenters. The lowest BCUT2D eigenvalue weighted by atomic mass is 10.1. The van der Waals surface area contributed by atoms with Gasteiger partial charge < -0.3 is 15.2 Å². The molecule has 1 aromatic carbocycles. The molecule has 0 bridgehead atoms. The highest BCUT2D eigenvalue weighted by molar-refractivity contribution is 9.09. The molecule has 5 nitrogen and oxygen atoms in total. The number of ether oxygens (including phenoxy) is 1. The quantitative estimate of drug-likeness (QED) is 0.828. The molecule has 1 amide bonds. The van der Waals surface area contributed by atoms with Crippen molar-refractivity contribution in [2.75, 3.05) is 17.8 Å². The Bertz CT molecular complexity index is 495. The molecule has 0 aliphatic carbocycles. The fraction of sp³-hybridized carbons (Fsp3) is 0.333. The predicted molar refractivity (Wildman–Crippen MR) is 70.8 cm³/mol. The third-order valence-electron chi connectivity index (χ3n) is 2.33. The number of anilines is 1. The number of nitrogens with zero attached hydrogens (tertiary/aromatic N) is 1. The largest absolute Gasteiger partial charge is 0.495 e. The Morgan fingerprint density at radius 1 is 1.67 bits per heavy atom. The first-order valence-corrected chi connectivity index (χ1v) is 6.24. The van der Waals surface area contributed by atoms with E-state index in [0.29, 0.717) is 17.0 Å². The average Bonchev–Trinajstić information content (AvgIpc) is 2.38. The van der Waals surface area contributed by atoms with E-state index in [2.05, 4.69) is 21.2 Å². The first-order valence-electron chi connectivity index (χ1n) is 5.12. The van der Waals surface area contributed by atoms with Gasteiger partial charge in [-0.05, 0) is 19.1 Å². The molecule has 1 aromatic rings. The van der Waals surface area contributed by atoms with Crippen molar-refractivity contribution in [2.24, 2.45) is 0 Å². The fourth-order valence-electron chi connectivity index (χ4n) is 1.19. The summed E-state index contributed by atoms with van der Waals surface area (Å²) in [5, 5.41) is 21.2. The van der Waals surface area contributed by atoms with Crippen LogP contribution in [0.3, 0.4) is 0 Å². The smallest absolute Gasteiger partial charge is 0.256 e. The molecule has 18 heavy (non-hydrogen) atoms. The van der Waals surface area contributed by atoms with Gasteiger partial charge in [-0.25, -0.2) is 0 Å². The Hall–Kier alpha value is -1.58. The number of carbonyl (C=O) groups excluding carboxylic acids is 1. The highest BCUT2D eigenvalue weighted by Gasteiger charge is 2.28. The van der Waals surface area contributed by atoms with Crippen LogP contribution in [0.25, 0.3) is 0 Å². The van der Waals surface area contributed by atoms with Gasteiger partial charge in [0.1, 0.15) is 17.4 Å². The summed E-state index contributed by atoms with van der Waals surface area (Å²) < 4.78 is 5.02. The number of benzene rings is 1. The molecule has 96 valence electrons. The third kappa shape index (κ3) is 3.22. The van der Waals surface area contributed by atoms with Crippen molar-refractivity contribution in [1.82, 2.24) is 0 Å². The predicted octanol–water partition coefficient (Wildman–Crippen LogP) is 1.65. The van der Waals surface area contributed by atoms with Crippen LogP contribution in [0.2, 0.25) is 0 Å². The van der Waals surface area contributed by atoms with Crippen molar-refractivity contribution in [2.45, 2.75) is 12.5 Å². The monoisotopic (exact) mass is 312 g/mol. The highest BCUT2D eigenvalue weighted by Crippen LogP contribution is 2.23. The Kier molecular flexibility index (Phi) is 4.70. The van der Waals surface area contributed by atoms with Crippen LogP contribution < -0.4 is 10.1 Å². The van der Waals surface area contributed by atoms with Crippen molar-refractivity contribution >= 4 is 27.5 Å². The zero-order valence-corrected chi connectivity index (χ0v) is 11.6. The zero-order chi connectivity index (χ0) is 13.8. The average molecular weight is 313 g/mol. The first kappa shape index (κ1) is 14.5. The fourth-order valence-corrected chi connectivity index (χ4v) is 1.44. The minimum Gasteiger partial charge on any atom is -0.495 e. The van der Waals surface area contributed by atoms with Crippen LogP contribution in [0.5, 0.6) is 5.75 Å². The minimum absolute atomic E-state index is 0.124. The molecule has 0 saturated carbocycles. The van der Waals surface area contributed by atoms with E-state index >= 15 is 0 Å². The number of aliphatic hydroxyl groups is 1. The van der Waals surface area contributed by atoms with Gasteiger partial charge in [-0.2, -0.15) is 5.26 Å². The maximum absolute atomic E-state index is 11.7. The highest BCUT2D eigenvalue weighted by atomic mass is 79.9. The molecule has 1 rings (SSSR count). The number of hydrogen-bond donors (Lipinski definition) is 2. The molecule has 0 radical (unpaired) electrons. The summed E-state index contributed by atoms with van der Waals surface area (Å²) in [7, 11) is 1.44. The molecule has 0 heterocycles. The van der Waals surface area contributed by atoms with Gasteiger partial charge in [0.15, 0.2) is 0 Å². The van der Waals surface area contributed by atoms with Crippen molar-refractivity contribution in [1.29, 1.82) is 5.26 Å². The molecule has 0 spiro atoms. The number of rotatable bonds is 4. The SMILES string of the molecule is COc1cc(NC(=O)C(C)(O)CBr)ccc1C#N. The van der Waals surface area contributed by atoms with E-state index in [-0.39, 0.29) is 5.33 Å². The second-order valence-corrected chi connectivity index (χ2v) is 4.45. The van der Waals surface area contributed by atoms with Crippen molar-refractivity contribution < 1.29 is 14.6 Å². The van der Waals surface area contributed by atoms with Crippen LogP contribution in [0.1, 0.15) is 12.5 Å². The molecular formula is C12H13BrN2O3. The van der Waals surface area contributed by atoms with E-state index in [4.69, 9.17) is 10.00 Å². The van der Waals surface area contributed by atoms with Crippen LogP contribution in [0.15, 0.2) is 18.2 Å². The number of alkyl halides is 1. The maximum Gasteiger partial charge on any atom is 0.256 e. The molecular weight excluding hydrogens is 300 g/mol. The van der Waals surface area contributed by atoms with Crippen molar-refractivity contribution in [3.8, 4) is 11.8 Å². The van der Waals surface area contributed by atoms with Gasteiger partial charge in [-0.3, -0.25) is 4.79 Å². The molecule has 0 saturated heterocycles. The molecule has 0 aromatic heterocycles. The molecule has 2 N–H and O–H groups in total. The summed E-state index contributed by atoms with van der Waals surface area (Å²) >= 11 is 3.06. The van der Waals surface area contributed by atoms with Gasteiger partial charge in [0.25, 0.3) is 5.91 Å². The van der Waals surface area contributed by atoms with Crippen LogP contribution in [0, 0.1) is 11.3 Å². The number of carbonyl (C=O) groups is 1. The number of halogens is 1. The van der Waals surface area contributed by atoms with Gasteiger partial charge in [0, 0.05) is 17.1 Å². The topological polar surface area (TPSA) is 82.3 Å². The van der Waals surface area contributed by atoms with Crippen molar-refractivity contribution in [3.63, 3.8) is 0 Å². The molecule has 1 unspecified atom stereocenters. The number of amides is 1. The van der Waals surface area contributed by atoms with Gasteiger partial charge in [0.05, 0.1) is 12.7 Å². The molecule has 6 heteroatoms. The van der Waals surface area contributed by atoms with Gasteiger partial charge in [0.2, 0.25) is 0 Å². The summed E-state index contributed by atoms with van der Waals surface area (Å²) in [6.45, 7) is 1.40.